The van der Waals surface area contributed by atoms with Crippen molar-refractivity contribution in [1.29, 1.82) is 0 Å². The Labute approximate surface area is 133 Å². The molecule has 0 fully saturated rings. The van der Waals surface area contributed by atoms with Crippen molar-refractivity contribution < 1.29 is 13.6 Å². The molecule has 0 aliphatic heterocycles. The van der Waals surface area contributed by atoms with Crippen LogP contribution in [-0.4, -0.2) is 10.9 Å². The fourth-order valence-corrected chi connectivity index (χ4v) is 2.07. The number of carbonyl (C=O) groups is 1. The van der Waals surface area contributed by atoms with Crippen molar-refractivity contribution in [1.82, 2.24) is 4.98 Å². The highest BCUT2D eigenvalue weighted by molar-refractivity contribution is 5.96. The van der Waals surface area contributed by atoms with E-state index in [2.05, 4.69) is 10.3 Å². The van der Waals surface area contributed by atoms with Gasteiger partial charge < -0.3 is 9.73 Å². The van der Waals surface area contributed by atoms with E-state index in [1.807, 2.05) is 20.8 Å². The molecule has 0 bridgehead atoms. The lowest BCUT2D eigenvalue weighted by atomic mass is 9.95. The van der Waals surface area contributed by atoms with Crippen LogP contribution < -0.4 is 5.32 Å². The SMILES string of the molecule is CC(C)(C)C(=O)Nc1ccc2oc(-c3cccc(F)c3)nc2c1. The minimum absolute atomic E-state index is 0.0781. The molecule has 0 aliphatic rings. The van der Waals surface area contributed by atoms with Gasteiger partial charge in [-0.05, 0) is 36.4 Å². The third kappa shape index (κ3) is 3.23. The van der Waals surface area contributed by atoms with Crippen LogP contribution in [0.3, 0.4) is 0 Å². The molecule has 4 nitrogen and oxygen atoms in total. The highest BCUT2D eigenvalue weighted by Gasteiger charge is 2.21. The van der Waals surface area contributed by atoms with Crippen molar-refractivity contribution in [3.8, 4) is 11.5 Å². The first kappa shape index (κ1) is 15.2. The van der Waals surface area contributed by atoms with Crippen molar-refractivity contribution in [2.24, 2.45) is 5.41 Å². The molecule has 0 spiro atoms. The Kier molecular flexibility index (Phi) is 3.64. The van der Waals surface area contributed by atoms with E-state index in [0.29, 0.717) is 28.2 Å². The van der Waals surface area contributed by atoms with Crippen LogP contribution in [0.25, 0.3) is 22.6 Å². The molecular formula is C18H17FN2O2. The van der Waals surface area contributed by atoms with Crippen molar-refractivity contribution in [3.63, 3.8) is 0 Å². The fraction of sp³-hybridized carbons (Fsp3) is 0.222. The predicted octanol–water partition coefficient (Wildman–Crippen LogP) is 4.62. The maximum absolute atomic E-state index is 13.3. The summed E-state index contributed by atoms with van der Waals surface area (Å²) < 4.78 is 19.0. The number of fused-ring (bicyclic) bond motifs is 1. The zero-order valence-electron chi connectivity index (χ0n) is 13.2. The summed E-state index contributed by atoms with van der Waals surface area (Å²) in [6.45, 7) is 5.54. The molecule has 1 aromatic heterocycles. The monoisotopic (exact) mass is 312 g/mol. The molecule has 1 amide bonds. The smallest absolute Gasteiger partial charge is 0.229 e. The van der Waals surface area contributed by atoms with Crippen LogP contribution >= 0.6 is 0 Å². The highest BCUT2D eigenvalue weighted by Crippen LogP contribution is 2.27. The lowest BCUT2D eigenvalue weighted by Gasteiger charge is -2.17. The summed E-state index contributed by atoms with van der Waals surface area (Å²) in [5.74, 6) is -0.0765. The van der Waals surface area contributed by atoms with Gasteiger partial charge >= 0.3 is 0 Å². The second-order valence-corrected chi connectivity index (χ2v) is 6.42. The standard InChI is InChI=1S/C18H17FN2O2/c1-18(2,3)17(22)20-13-7-8-15-14(10-13)21-16(23-15)11-5-4-6-12(19)9-11/h4-10H,1-3H3,(H,20,22). The van der Waals surface area contributed by atoms with Crippen LogP contribution in [0.2, 0.25) is 0 Å². The van der Waals surface area contributed by atoms with Crippen molar-refractivity contribution in [2.45, 2.75) is 20.8 Å². The molecule has 0 radical (unpaired) electrons. The Hall–Kier alpha value is -2.69. The van der Waals surface area contributed by atoms with Gasteiger partial charge in [0.05, 0.1) is 0 Å². The maximum Gasteiger partial charge on any atom is 0.229 e. The number of carbonyl (C=O) groups excluding carboxylic acids is 1. The molecule has 2 aromatic carbocycles. The zero-order chi connectivity index (χ0) is 16.6. The molecular weight excluding hydrogens is 295 g/mol. The average molecular weight is 312 g/mol. The van der Waals surface area contributed by atoms with Crippen molar-refractivity contribution in [2.75, 3.05) is 5.32 Å². The Balaban J connectivity index is 1.94. The minimum Gasteiger partial charge on any atom is -0.436 e. The number of rotatable bonds is 2. The molecule has 5 heteroatoms. The zero-order valence-corrected chi connectivity index (χ0v) is 13.2. The average Bonchev–Trinajstić information content (AvgIpc) is 2.89. The predicted molar refractivity (Wildman–Crippen MR) is 87.5 cm³/mol. The van der Waals surface area contributed by atoms with Crippen LogP contribution in [0.1, 0.15) is 20.8 Å². The van der Waals surface area contributed by atoms with Crippen LogP contribution in [0.4, 0.5) is 10.1 Å². The number of nitrogens with zero attached hydrogens (tertiary/aromatic N) is 1. The van der Waals surface area contributed by atoms with Crippen LogP contribution in [0.15, 0.2) is 46.9 Å². The number of hydrogen-bond acceptors (Lipinski definition) is 3. The van der Waals surface area contributed by atoms with Gasteiger partial charge in [0, 0.05) is 16.7 Å². The van der Waals surface area contributed by atoms with Gasteiger partial charge in [-0.2, -0.15) is 0 Å². The van der Waals surface area contributed by atoms with Gasteiger partial charge in [-0.15, -0.1) is 0 Å². The fourth-order valence-electron chi connectivity index (χ4n) is 2.07. The lowest BCUT2D eigenvalue weighted by Crippen LogP contribution is -2.27. The lowest BCUT2D eigenvalue weighted by molar-refractivity contribution is -0.123. The summed E-state index contributed by atoms with van der Waals surface area (Å²) >= 11 is 0. The van der Waals surface area contributed by atoms with E-state index in [9.17, 15) is 9.18 Å². The number of oxazole rings is 1. The summed E-state index contributed by atoms with van der Waals surface area (Å²) in [7, 11) is 0. The normalized spacial score (nSPS) is 11.7. The van der Waals surface area contributed by atoms with Gasteiger partial charge in [0.15, 0.2) is 5.58 Å². The summed E-state index contributed by atoms with van der Waals surface area (Å²) in [5.41, 5.74) is 1.93. The summed E-state index contributed by atoms with van der Waals surface area (Å²) in [6, 6.07) is 11.3. The molecule has 0 saturated heterocycles. The molecule has 0 aliphatic carbocycles. The minimum atomic E-state index is -0.481. The third-order valence-electron chi connectivity index (χ3n) is 3.40. The second kappa shape index (κ2) is 5.50. The van der Waals surface area contributed by atoms with E-state index in [1.54, 1.807) is 30.3 Å². The van der Waals surface area contributed by atoms with E-state index in [-0.39, 0.29) is 11.7 Å². The van der Waals surface area contributed by atoms with E-state index in [0.717, 1.165) is 0 Å². The van der Waals surface area contributed by atoms with Gasteiger partial charge in [0.25, 0.3) is 0 Å². The van der Waals surface area contributed by atoms with Gasteiger partial charge in [0.1, 0.15) is 11.3 Å². The van der Waals surface area contributed by atoms with Crippen LogP contribution in [0, 0.1) is 11.2 Å². The molecule has 0 atom stereocenters. The number of aromatic nitrogens is 1. The number of amides is 1. The van der Waals surface area contributed by atoms with E-state index < -0.39 is 5.41 Å². The highest BCUT2D eigenvalue weighted by atomic mass is 19.1. The summed E-state index contributed by atoms with van der Waals surface area (Å²) in [4.78, 5) is 16.4. The first-order valence-corrected chi connectivity index (χ1v) is 7.31. The van der Waals surface area contributed by atoms with Gasteiger partial charge in [-0.3, -0.25) is 4.79 Å². The third-order valence-corrected chi connectivity index (χ3v) is 3.40. The quantitative estimate of drug-likeness (QED) is 0.751. The molecule has 3 aromatic rings. The number of hydrogen-bond donors (Lipinski definition) is 1. The molecule has 23 heavy (non-hydrogen) atoms. The second-order valence-electron chi connectivity index (χ2n) is 6.42. The Bertz CT molecular complexity index is 878. The van der Waals surface area contributed by atoms with Gasteiger partial charge in [-0.1, -0.05) is 26.8 Å². The Morgan fingerprint density at radius 3 is 2.65 bits per heavy atom. The summed E-state index contributed by atoms with van der Waals surface area (Å²) in [5, 5.41) is 2.85. The Morgan fingerprint density at radius 1 is 1.17 bits per heavy atom. The summed E-state index contributed by atoms with van der Waals surface area (Å²) in [6.07, 6.45) is 0. The number of benzene rings is 2. The van der Waals surface area contributed by atoms with Crippen LogP contribution in [-0.2, 0) is 4.79 Å². The van der Waals surface area contributed by atoms with E-state index in [4.69, 9.17) is 4.42 Å². The van der Waals surface area contributed by atoms with E-state index >= 15 is 0 Å². The van der Waals surface area contributed by atoms with Crippen LogP contribution in [0.5, 0.6) is 0 Å². The molecule has 1 heterocycles. The Morgan fingerprint density at radius 2 is 1.96 bits per heavy atom. The number of nitrogens with one attached hydrogen (secondary N) is 1. The number of halogens is 1. The van der Waals surface area contributed by atoms with Crippen molar-refractivity contribution >= 4 is 22.7 Å². The molecule has 0 saturated carbocycles. The molecule has 0 unspecified atom stereocenters. The molecule has 118 valence electrons. The first-order chi connectivity index (χ1) is 10.8. The van der Waals surface area contributed by atoms with Crippen molar-refractivity contribution in [3.05, 3.63) is 48.3 Å². The van der Waals surface area contributed by atoms with Gasteiger partial charge in [0.2, 0.25) is 11.8 Å². The topological polar surface area (TPSA) is 55.1 Å². The molecule has 3 rings (SSSR count). The largest absolute Gasteiger partial charge is 0.436 e. The van der Waals surface area contributed by atoms with E-state index in [1.165, 1.54) is 12.1 Å². The first-order valence-electron chi connectivity index (χ1n) is 7.31. The number of anilines is 1. The molecule has 1 N–H and O–H groups in total. The van der Waals surface area contributed by atoms with Gasteiger partial charge in [-0.25, -0.2) is 9.37 Å². The maximum atomic E-state index is 13.3.